The Morgan fingerprint density at radius 1 is 0.831 bits per heavy atom. The number of nitrogens with zero attached hydrogens (tertiary/aromatic N) is 1. The van der Waals surface area contributed by atoms with Gasteiger partial charge in [-0.25, -0.2) is 0 Å². The lowest BCUT2D eigenvalue weighted by Crippen LogP contribution is -2.65. The molecule has 4 N–H and O–H groups in total. The van der Waals surface area contributed by atoms with Gasteiger partial charge in [0.05, 0.1) is 61.8 Å². The zero-order chi connectivity index (χ0) is 52.3. The summed E-state index contributed by atoms with van der Waals surface area (Å²) in [6, 6.07) is 8.92. The van der Waals surface area contributed by atoms with Gasteiger partial charge in [-0.1, -0.05) is 68.8 Å². The molecule has 0 amide bonds. The molecule has 0 saturated carbocycles. The molecule has 0 radical (unpaired) electrons. The Kier molecular flexibility index (Phi) is 22.3. The molecule has 4 heterocycles. The zero-order valence-electron chi connectivity index (χ0n) is 43.7. The summed E-state index contributed by atoms with van der Waals surface area (Å²) in [4.78, 5) is 41.9. The van der Waals surface area contributed by atoms with Gasteiger partial charge in [0.15, 0.2) is 24.7 Å². The molecular formula is C53H83NO17. The topological polar surface area (TPSA) is 228 Å². The van der Waals surface area contributed by atoms with Crippen molar-refractivity contribution in [2.45, 2.75) is 198 Å². The van der Waals surface area contributed by atoms with Crippen molar-refractivity contribution in [1.29, 1.82) is 0 Å². The van der Waals surface area contributed by atoms with Gasteiger partial charge in [-0.15, -0.1) is 0 Å². The molecule has 18 heteroatoms. The molecule has 21 atom stereocenters. The van der Waals surface area contributed by atoms with Crippen molar-refractivity contribution in [3.05, 3.63) is 59.7 Å². The van der Waals surface area contributed by atoms with E-state index in [0.29, 0.717) is 12.0 Å². The molecule has 0 spiro atoms. The standard InChI is InChI=1S/C53H83NO17/c1-13-40-37(28-65-52-49(63-12)48(62-11)44(59)32(5)67-52)23-29(2)19-20-38(56)30(3)24-36(21-22-55)46(31(4)39(57)25-41(58)69-40)71-51-45(60)43(54(9)10)47(33(6)68-51)70-42-26-53(8,61)50(34(7)66-42)64-27-35-17-15-14-16-18-35/h14-20,22-23,30-34,36-37,39-40,42-52,57,59-61H,13,21,24-28H2,1-12H3/t30-,31+,32-,33-,34+,36+,37-,39-,40-,42+,43-,44-,45-,46-,47-,48-,49-,50+,51+,52-,53-/m1/s1. The van der Waals surface area contributed by atoms with E-state index in [1.54, 1.807) is 59.7 Å². The number of aldehydes is 1. The fourth-order valence-electron chi connectivity index (χ4n) is 10.6. The maximum Gasteiger partial charge on any atom is 0.308 e. The number of ketones is 1. The van der Waals surface area contributed by atoms with Crippen LogP contribution >= 0.6 is 0 Å². The lowest BCUT2D eigenvalue weighted by atomic mass is 9.79. The van der Waals surface area contributed by atoms with Gasteiger partial charge in [0.1, 0.15) is 49.0 Å². The number of hydrogen-bond acceptors (Lipinski definition) is 18. The Balaban J connectivity index is 1.35. The molecule has 1 aromatic carbocycles. The van der Waals surface area contributed by atoms with Gasteiger partial charge < -0.3 is 77.5 Å². The van der Waals surface area contributed by atoms with Crippen molar-refractivity contribution in [2.24, 2.45) is 23.7 Å². The number of ether oxygens (including phenoxy) is 10. The number of likely N-dealkylation sites (N-methyl/N-ethyl adjacent to an activating group) is 1. The third-order valence-electron chi connectivity index (χ3n) is 14.6. The van der Waals surface area contributed by atoms with Gasteiger partial charge in [0.2, 0.25) is 0 Å². The van der Waals surface area contributed by atoms with Crippen LogP contribution in [0.25, 0.3) is 0 Å². The van der Waals surface area contributed by atoms with Crippen LogP contribution in [0.4, 0.5) is 0 Å². The molecule has 3 saturated heterocycles. The molecule has 71 heavy (non-hydrogen) atoms. The van der Waals surface area contributed by atoms with E-state index in [-0.39, 0.29) is 38.3 Å². The number of methoxy groups -OCH3 is 2. The van der Waals surface area contributed by atoms with Crippen molar-refractivity contribution < 1.29 is 82.2 Å². The molecular weight excluding hydrogens is 923 g/mol. The molecule has 0 unspecified atom stereocenters. The number of rotatable bonds is 16. The lowest BCUT2D eigenvalue weighted by molar-refractivity contribution is -0.344. The minimum absolute atomic E-state index is 0.00640. The summed E-state index contributed by atoms with van der Waals surface area (Å²) in [5, 5.41) is 46.4. The van der Waals surface area contributed by atoms with Crippen LogP contribution in [-0.2, 0) is 68.4 Å². The largest absolute Gasteiger partial charge is 0.462 e. The number of esters is 1. The summed E-state index contributed by atoms with van der Waals surface area (Å²) in [5.74, 6) is -3.58. The van der Waals surface area contributed by atoms with E-state index in [0.717, 1.165) is 11.8 Å². The van der Waals surface area contributed by atoms with Crippen LogP contribution in [0.2, 0.25) is 0 Å². The Hall–Kier alpha value is -3.05. The van der Waals surface area contributed by atoms with Gasteiger partial charge in [0, 0.05) is 44.8 Å². The lowest BCUT2D eigenvalue weighted by Gasteiger charge is -2.50. The van der Waals surface area contributed by atoms with Crippen LogP contribution in [0.3, 0.4) is 0 Å². The number of aliphatic hydroxyl groups excluding tert-OH is 3. The minimum atomic E-state index is -1.36. The smallest absolute Gasteiger partial charge is 0.308 e. The van der Waals surface area contributed by atoms with E-state index in [4.69, 9.17) is 47.4 Å². The Morgan fingerprint density at radius 2 is 1.51 bits per heavy atom. The number of carbonyl (C=O) groups is 3. The number of hydrogen-bond donors (Lipinski definition) is 4. The monoisotopic (exact) mass is 1010 g/mol. The highest BCUT2D eigenvalue weighted by atomic mass is 16.7. The summed E-state index contributed by atoms with van der Waals surface area (Å²) in [5.41, 5.74) is 0.318. The van der Waals surface area contributed by atoms with Gasteiger partial charge in [-0.3, -0.25) is 9.59 Å². The van der Waals surface area contributed by atoms with Crippen LogP contribution in [0.5, 0.6) is 0 Å². The van der Waals surface area contributed by atoms with E-state index >= 15 is 0 Å². The van der Waals surface area contributed by atoms with E-state index in [1.807, 2.05) is 57.2 Å². The first-order valence-electron chi connectivity index (χ1n) is 25.2. The molecule has 4 aliphatic rings. The van der Waals surface area contributed by atoms with E-state index < -0.39 is 140 Å². The molecule has 0 bridgehead atoms. The second-order valence-electron chi connectivity index (χ2n) is 20.5. The van der Waals surface area contributed by atoms with Crippen LogP contribution < -0.4 is 0 Å². The predicted octanol–water partition coefficient (Wildman–Crippen LogP) is 4.06. The van der Waals surface area contributed by atoms with Crippen molar-refractivity contribution >= 4 is 18.0 Å². The first kappa shape index (κ1) is 58.8. The van der Waals surface area contributed by atoms with Crippen LogP contribution in [0, 0.1) is 23.7 Å². The average molecular weight is 1010 g/mol. The molecule has 1 aromatic rings. The first-order valence-corrected chi connectivity index (χ1v) is 25.2. The van der Waals surface area contributed by atoms with Crippen molar-refractivity contribution in [3.63, 3.8) is 0 Å². The van der Waals surface area contributed by atoms with E-state index in [1.165, 1.54) is 20.3 Å². The highest BCUT2D eigenvalue weighted by Gasteiger charge is 2.52. The van der Waals surface area contributed by atoms with E-state index in [9.17, 15) is 34.8 Å². The predicted molar refractivity (Wildman–Crippen MR) is 259 cm³/mol. The first-order chi connectivity index (χ1) is 33.6. The molecule has 18 nitrogen and oxygen atoms in total. The van der Waals surface area contributed by atoms with Crippen LogP contribution in [-0.4, -0.2) is 182 Å². The van der Waals surface area contributed by atoms with E-state index in [2.05, 4.69) is 0 Å². The second-order valence-corrected chi connectivity index (χ2v) is 20.5. The average Bonchev–Trinajstić information content (AvgIpc) is 3.31. The van der Waals surface area contributed by atoms with Gasteiger partial charge in [-0.05, 0) is 79.1 Å². The number of allylic oxidation sites excluding steroid dienone is 3. The van der Waals surface area contributed by atoms with Crippen molar-refractivity contribution in [3.8, 4) is 0 Å². The maximum absolute atomic E-state index is 13.9. The molecule has 3 fully saturated rings. The van der Waals surface area contributed by atoms with Gasteiger partial charge in [-0.2, -0.15) is 0 Å². The fourth-order valence-corrected chi connectivity index (χ4v) is 10.6. The molecule has 0 aliphatic carbocycles. The van der Waals surface area contributed by atoms with Crippen LogP contribution in [0.1, 0.15) is 93.1 Å². The minimum Gasteiger partial charge on any atom is -0.462 e. The summed E-state index contributed by atoms with van der Waals surface area (Å²) in [6.07, 6.45) is -7.59. The molecule has 402 valence electrons. The summed E-state index contributed by atoms with van der Waals surface area (Å²) in [6.45, 7) is 14.4. The Bertz CT molecular complexity index is 1880. The number of cyclic esters (lactones) is 1. The highest BCUT2D eigenvalue weighted by molar-refractivity contribution is 5.91. The van der Waals surface area contributed by atoms with Crippen molar-refractivity contribution in [2.75, 3.05) is 34.9 Å². The quantitative estimate of drug-likeness (QED) is 0.135. The summed E-state index contributed by atoms with van der Waals surface area (Å²) >= 11 is 0. The van der Waals surface area contributed by atoms with Gasteiger partial charge >= 0.3 is 5.97 Å². The SMILES string of the molecule is CC[C@H]1OC(=O)C[C@@H](O)[C@H](C)[C@@H](O[C@@H]2O[C@H](C)[C@@H](O[C@H]3C[C@@](C)(O)[C@@H](OCc4ccccc4)[C@H](C)O3)[C@H](N(C)C)[C@H]2O)[C@@H](CC=O)C[C@@H](C)C(=O)C=CC(C)=C[C@@H]1CO[C@@H]1O[C@H](C)[C@@H](O)[C@@H](OC)[C@H]1OC. The molecule has 5 rings (SSSR count). The summed E-state index contributed by atoms with van der Waals surface area (Å²) < 4.78 is 61.8. The highest BCUT2D eigenvalue weighted by Crippen LogP contribution is 2.38. The molecule has 4 aliphatic heterocycles. The number of benzene rings is 1. The molecule has 0 aromatic heterocycles. The van der Waals surface area contributed by atoms with Crippen LogP contribution in [0.15, 0.2) is 54.1 Å². The number of aliphatic hydroxyl groups is 4. The third kappa shape index (κ3) is 15.3. The van der Waals surface area contributed by atoms with Crippen molar-refractivity contribution in [1.82, 2.24) is 4.90 Å². The number of carbonyl (C=O) groups excluding carboxylic acids is 3. The fraction of sp³-hybridized carbons (Fsp3) is 0.755. The zero-order valence-corrected chi connectivity index (χ0v) is 43.7. The Morgan fingerprint density at radius 3 is 2.13 bits per heavy atom. The summed E-state index contributed by atoms with van der Waals surface area (Å²) in [7, 11) is 6.51. The second kappa shape index (κ2) is 26.9. The van der Waals surface area contributed by atoms with Gasteiger partial charge in [0.25, 0.3) is 0 Å². The third-order valence-corrected chi connectivity index (χ3v) is 14.6. The normalized spacial score (nSPS) is 41.3. The maximum atomic E-state index is 13.9. The Labute approximate surface area is 420 Å².